The van der Waals surface area contributed by atoms with E-state index in [1.54, 1.807) is 0 Å². The molecule has 1 aliphatic rings. The second kappa shape index (κ2) is 6.53. The molecule has 1 saturated carbocycles. The van der Waals surface area contributed by atoms with Crippen LogP contribution >= 0.6 is 28.1 Å². The van der Waals surface area contributed by atoms with E-state index in [2.05, 4.69) is 33.5 Å². The number of hydrogen-bond acceptors (Lipinski definition) is 1. The van der Waals surface area contributed by atoms with E-state index < -0.39 is 0 Å². The summed E-state index contributed by atoms with van der Waals surface area (Å²) < 4.78 is 1.08. The average molecular weight is 327 g/mol. The first-order chi connectivity index (χ1) is 8.65. The Morgan fingerprint density at radius 3 is 2.56 bits per heavy atom. The maximum atomic E-state index is 5.37. The number of anilines is 1. The van der Waals surface area contributed by atoms with E-state index in [1.165, 1.54) is 25.7 Å². The number of hydrogen-bond donors (Lipinski definition) is 2. The Bertz CT molecular complexity index is 405. The summed E-state index contributed by atoms with van der Waals surface area (Å²) in [5, 5.41) is 7.41. The Morgan fingerprint density at radius 1 is 1.22 bits per heavy atom. The third kappa shape index (κ3) is 3.95. The van der Waals surface area contributed by atoms with Crippen molar-refractivity contribution in [2.75, 3.05) is 5.32 Å². The predicted octanol–water partition coefficient (Wildman–Crippen LogP) is 4.31. The van der Waals surface area contributed by atoms with Crippen LogP contribution in [0.15, 0.2) is 28.7 Å². The molecule has 4 heteroatoms. The average Bonchev–Trinajstić information content (AvgIpc) is 2.35. The van der Waals surface area contributed by atoms with Gasteiger partial charge in [0.05, 0.1) is 0 Å². The van der Waals surface area contributed by atoms with Crippen molar-refractivity contribution in [1.82, 2.24) is 5.32 Å². The molecule has 0 radical (unpaired) electrons. The highest BCUT2D eigenvalue weighted by molar-refractivity contribution is 9.10. The van der Waals surface area contributed by atoms with Crippen molar-refractivity contribution in [1.29, 1.82) is 0 Å². The van der Waals surface area contributed by atoms with Crippen LogP contribution in [0.3, 0.4) is 0 Å². The molecular formula is C14H19BrN2S. The van der Waals surface area contributed by atoms with E-state index in [0.29, 0.717) is 12.0 Å². The molecule has 18 heavy (non-hydrogen) atoms. The van der Waals surface area contributed by atoms with E-state index in [-0.39, 0.29) is 0 Å². The van der Waals surface area contributed by atoms with Crippen molar-refractivity contribution >= 4 is 38.9 Å². The molecule has 0 aromatic heterocycles. The Labute approximate surface area is 123 Å². The van der Waals surface area contributed by atoms with Crippen molar-refractivity contribution in [2.24, 2.45) is 5.92 Å². The van der Waals surface area contributed by atoms with Gasteiger partial charge in [0.1, 0.15) is 0 Å². The monoisotopic (exact) mass is 326 g/mol. The Morgan fingerprint density at radius 2 is 1.89 bits per heavy atom. The molecule has 0 amide bonds. The fraction of sp³-hybridized carbons (Fsp3) is 0.500. The lowest BCUT2D eigenvalue weighted by Gasteiger charge is -2.30. The lowest BCUT2D eigenvalue weighted by atomic mass is 9.86. The molecular weight excluding hydrogens is 308 g/mol. The van der Waals surface area contributed by atoms with Gasteiger partial charge in [0, 0.05) is 16.2 Å². The maximum Gasteiger partial charge on any atom is 0.171 e. The lowest BCUT2D eigenvalue weighted by Crippen LogP contribution is -2.43. The summed E-state index contributed by atoms with van der Waals surface area (Å²) in [4.78, 5) is 0. The maximum absolute atomic E-state index is 5.37. The number of thiocarbonyl (C=S) groups is 1. The summed E-state index contributed by atoms with van der Waals surface area (Å²) in [6.45, 7) is 2.30. The van der Waals surface area contributed by atoms with Gasteiger partial charge in [-0.1, -0.05) is 35.7 Å². The second-order valence-electron chi connectivity index (χ2n) is 4.97. The Hall–Kier alpha value is -0.610. The van der Waals surface area contributed by atoms with Gasteiger partial charge in [0.15, 0.2) is 5.11 Å². The minimum Gasteiger partial charge on any atom is -0.359 e. The standard InChI is InChI=1S/C14H19BrN2S/c1-10-4-2-3-5-13(10)17-14(18)16-12-8-6-11(15)7-9-12/h6-10,13H,2-5H2,1H3,(H2,16,17,18)/t10-,13-/m0/s1. The molecule has 1 fully saturated rings. The first-order valence-electron chi connectivity index (χ1n) is 6.48. The largest absolute Gasteiger partial charge is 0.359 e. The molecule has 2 nitrogen and oxygen atoms in total. The van der Waals surface area contributed by atoms with Crippen molar-refractivity contribution in [2.45, 2.75) is 38.6 Å². The van der Waals surface area contributed by atoms with Crippen LogP contribution in [0.1, 0.15) is 32.6 Å². The summed E-state index contributed by atoms with van der Waals surface area (Å²) in [6.07, 6.45) is 5.19. The molecule has 2 rings (SSSR count). The van der Waals surface area contributed by atoms with Gasteiger partial charge in [-0.05, 0) is 55.2 Å². The normalized spacial score (nSPS) is 23.4. The van der Waals surface area contributed by atoms with Crippen LogP contribution in [0.2, 0.25) is 0 Å². The van der Waals surface area contributed by atoms with Gasteiger partial charge in [0.25, 0.3) is 0 Å². The molecule has 98 valence electrons. The van der Waals surface area contributed by atoms with Crippen LogP contribution < -0.4 is 10.6 Å². The summed E-state index contributed by atoms with van der Waals surface area (Å²) in [5.41, 5.74) is 1.03. The number of nitrogens with one attached hydrogen (secondary N) is 2. The Balaban J connectivity index is 1.86. The third-order valence-electron chi connectivity index (χ3n) is 3.53. The number of rotatable bonds is 2. The van der Waals surface area contributed by atoms with E-state index in [9.17, 15) is 0 Å². The van der Waals surface area contributed by atoms with Crippen LogP contribution in [0.25, 0.3) is 0 Å². The number of benzene rings is 1. The van der Waals surface area contributed by atoms with Crippen LogP contribution in [-0.4, -0.2) is 11.2 Å². The highest BCUT2D eigenvalue weighted by Gasteiger charge is 2.21. The molecule has 2 N–H and O–H groups in total. The molecule has 1 aliphatic carbocycles. The fourth-order valence-electron chi connectivity index (χ4n) is 2.40. The zero-order chi connectivity index (χ0) is 13.0. The van der Waals surface area contributed by atoms with Gasteiger partial charge < -0.3 is 10.6 Å². The lowest BCUT2D eigenvalue weighted by molar-refractivity contribution is 0.309. The SMILES string of the molecule is C[C@H]1CCCC[C@@H]1NC(=S)Nc1ccc(Br)cc1. The molecule has 0 unspecified atom stereocenters. The van der Waals surface area contributed by atoms with Crippen LogP contribution in [0.4, 0.5) is 5.69 Å². The third-order valence-corrected chi connectivity index (χ3v) is 4.28. The first kappa shape index (κ1) is 13.8. The highest BCUT2D eigenvalue weighted by atomic mass is 79.9. The number of halogens is 1. The summed E-state index contributed by atoms with van der Waals surface area (Å²) >= 11 is 8.79. The van der Waals surface area contributed by atoms with Crippen LogP contribution in [0.5, 0.6) is 0 Å². The van der Waals surface area contributed by atoms with Gasteiger partial charge in [0.2, 0.25) is 0 Å². The molecule has 0 spiro atoms. The summed E-state index contributed by atoms with van der Waals surface area (Å²) in [7, 11) is 0. The second-order valence-corrected chi connectivity index (χ2v) is 6.30. The molecule has 1 aromatic rings. The predicted molar refractivity (Wildman–Crippen MR) is 84.9 cm³/mol. The first-order valence-corrected chi connectivity index (χ1v) is 7.68. The van der Waals surface area contributed by atoms with E-state index in [4.69, 9.17) is 12.2 Å². The zero-order valence-electron chi connectivity index (χ0n) is 10.6. The van der Waals surface area contributed by atoms with E-state index in [0.717, 1.165) is 15.3 Å². The molecule has 1 aromatic carbocycles. The summed E-state index contributed by atoms with van der Waals surface area (Å²) in [5.74, 6) is 0.711. The quantitative estimate of drug-likeness (QED) is 0.792. The van der Waals surface area contributed by atoms with Crippen molar-refractivity contribution < 1.29 is 0 Å². The van der Waals surface area contributed by atoms with Crippen molar-refractivity contribution in [3.8, 4) is 0 Å². The fourth-order valence-corrected chi connectivity index (χ4v) is 2.93. The molecule has 0 heterocycles. The summed E-state index contributed by atoms with van der Waals surface area (Å²) in [6, 6.07) is 8.57. The van der Waals surface area contributed by atoms with E-state index >= 15 is 0 Å². The van der Waals surface area contributed by atoms with E-state index in [1.807, 2.05) is 24.3 Å². The Kier molecular flexibility index (Phi) is 5.01. The molecule has 2 atom stereocenters. The van der Waals surface area contributed by atoms with Crippen LogP contribution in [-0.2, 0) is 0 Å². The molecule has 0 bridgehead atoms. The van der Waals surface area contributed by atoms with Gasteiger partial charge in [-0.25, -0.2) is 0 Å². The van der Waals surface area contributed by atoms with Crippen LogP contribution in [0, 0.1) is 5.92 Å². The zero-order valence-corrected chi connectivity index (χ0v) is 13.0. The van der Waals surface area contributed by atoms with Gasteiger partial charge >= 0.3 is 0 Å². The molecule has 0 aliphatic heterocycles. The topological polar surface area (TPSA) is 24.1 Å². The minimum absolute atomic E-state index is 0.522. The van der Waals surface area contributed by atoms with Gasteiger partial charge in [-0.3, -0.25) is 0 Å². The van der Waals surface area contributed by atoms with Gasteiger partial charge in [-0.15, -0.1) is 0 Å². The smallest absolute Gasteiger partial charge is 0.171 e. The van der Waals surface area contributed by atoms with Crippen molar-refractivity contribution in [3.63, 3.8) is 0 Å². The van der Waals surface area contributed by atoms with Gasteiger partial charge in [-0.2, -0.15) is 0 Å². The molecule has 0 saturated heterocycles. The minimum atomic E-state index is 0.522. The highest BCUT2D eigenvalue weighted by Crippen LogP contribution is 2.23. The van der Waals surface area contributed by atoms with Crippen molar-refractivity contribution in [3.05, 3.63) is 28.7 Å².